The van der Waals surface area contributed by atoms with Gasteiger partial charge in [-0.25, -0.2) is 0 Å². The molecule has 0 fully saturated rings. The van der Waals surface area contributed by atoms with Gasteiger partial charge in [-0.3, -0.25) is 14.4 Å². The summed E-state index contributed by atoms with van der Waals surface area (Å²) in [6.07, 6.45) is 1.69. The molecule has 3 rings (SSSR count). The van der Waals surface area contributed by atoms with E-state index in [-0.39, 0.29) is 18.4 Å². The van der Waals surface area contributed by atoms with E-state index in [1.165, 1.54) is 0 Å². The highest BCUT2D eigenvalue weighted by Crippen LogP contribution is 2.30. The van der Waals surface area contributed by atoms with E-state index in [0.717, 1.165) is 29.7 Å². The molecule has 2 N–H and O–H groups in total. The molecular weight excluding hydrogens is 382 g/mol. The van der Waals surface area contributed by atoms with Crippen molar-refractivity contribution in [1.29, 1.82) is 0 Å². The Labute approximate surface area is 176 Å². The maximum Gasteiger partial charge on any atom is 0.313 e. The molecule has 0 bridgehead atoms. The summed E-state index contributed by atoms with van der Waals surface area (Å²) in [4.78, 5) is 38.7. The van der Waals surface area contributed by atoms with Gasteiger partial charge in [-0.15, -0.1) is 0 Å². The number of carbonyl (C=O) groups is 3. The van der Waals surface area contributed by atoms with Crippen LogP contribution in [-0.4, -0.2) is 31.4 Å². The van der Waals surface area contributed by atoms with Crippen LogP contribution in [0.15, 0.2) is 42.5 Å². The van der Waals surface area contributed by atoms with Gasteiger partial charge >= 0.3 is 11.8 Å². The van der Waals surface area contributed by atoms with Gasteiger partial charge in [0.1, 0.15) is 5.75 Å². The average Bonchev–Trinajstić information content (AvgIpc) is 2.76. The molecule has 0 atom stereocenters. The number of aryl methyl sites for hydroxylation is 1. The lowest BCUT2D eigenvalue weighted by atomic mass is 9.99. The number of amides is 3. The van der Waals surface area contributed by atoms with Crippen molar-refractivity contribution in [3.05, 3.63) is 53.6 Å². The quantitative estimate of drug-likeness (QED) is 0.744. The molecule has 0 saturated heterocycles. The van der Waals surface area contributed by atoms with Crippen LogP contribution in [0.1, 0.15) is 31.4 Å². The molecule has 1 aliphatic heterocycles. The Morgan fingerprint density at radius 1 is 1.10 bits per heavy atom. The van der Waals surface area contributed by atoms with Crippen LogP contribution in [0.2, 0.25) is 0 Å². The largest absolute Gasteiger partial charge is 0.497 e. The Hall–Kier alpha value is -3.35. The van der Waals surface area contributed by atoms with Crippen LogP contribution in [0, 0.1) is 5.92 Å². The number of rotatable bonds is 5. The fourth-order valence-corrected chi connectivity index (χ4v) is 3.45. The van der Waals surface area contributed by atoms with Gasteiger partial charge in [-0.1, -0.05) is 26.0 Å². The van der Waals surface area contributed by atoms with Gasteiger partial charge in [0, 0.05) is 30.4 Å². The summed E-state index contributed by atoms with van der Waals surface area (Å²) in [6.45, 7) is 4.69. The summed E-state index contributed by atoms with van der Waals surface area (Å²) in [5, 5.41) is 5.25. The lowest BCUT2D eigenvalue weighted by molar-refractivity contribution is -0.136. The van der Waals surface area contributed by atoms with Crippen LogP contribution in [0.4, 0.5) is 11.4 Å². The summed E-state index contributed by atoms with van der Waals surface area (Å²) in [7, 11) is 1.57. The summed E-state index contributed by atoms with van der Waals surface area (Å²) in [5.41, 5.74) is 3.23. The predicted octanol–water partition coefficient (Wildman–Crippen LogP) is 2.89. The van der Waals surface area contributed by atoms with Crippen LogP contribution in [0.3, 0.4) is 0 Å². The molecule has 30 heavy (non-hydrogen) atoms. The van der Waals surface area contributed by atoms with E-state index in [1.54, 1.807) is 24.1 Å². The van der Waals surface area contributed by atoms with E-state index in [1.807, 2.05) is 44.2 Å². The highest BCUT2D eigenvalue weighted by Gasteiger charge is 2.25. The monoisotopic (exact) mass is 409 g/mol. The number of nitrogens with zero attached hydrogens (tertiary/aromatic N) is 1. The van der Waals surface area contributed by atoms with Crippen molar-refractivity contribution >= 4 is 29.1 Å². The highest BCUT2D eigenvalue weighted by atomic mass is 16.5. The molecule has 7 nitrogen and oxygen atoms in total. The number of hydrogen-bond acceptors (Lipinski definition) is 4. The predicted molar refractivity (Wildman–Crippen MR) is 115 cm³/mol. The molecule has 158 valence electrons. The van der Waals surface area contributed by atoms with Crippen molar-refractivity contribution in [3.63, 3.8) is 0 Å². The number of fused-ring (bicyclic) bond motifs is 1. The maximum absolute atomic E-state index is 12.4. The van der Waals surface area contributed by atoms with Crippen molar-refractivity contribution in [2.75, 3.05) is 23.9 Å². The zero-order valence-corrected chi connectivity index (χ0v) is 17.5. The molecule has 2 aromatic rings. The standard InChI is InChI=1S/C23H27N3O4/c1-15(2)23(29)26-11-5-7-17-13-18(9-10-20(17)26)25-22(28)21(27)24-14-16-6-4-8-19(12-16)30-3/h4,6,8-10,12-13,15H,5,7,11,14H2,1-3H3,(H,24,27)(H,25,28). The van der Waals surface area contributed by atoms with Crippen LogP contribution in [0.25, 0.3) is 0 Å². The minimum Gasteiger partial charge on any atom is -0.497 e. The fraction of sp³-hybridized carbons (Fsp3) is 0.348. The molecule has 7 heteroatoms. The van der Waals surface area contributed by atoms with Crippen LogP contribution >= 0.6 is 0 Å². The number of carbonyl (C=O) groups excluding carboxylic acids is 3. The van der Waals surface area contributed by atoms with Crippen molar-refractivity contribution in [2.45, 2.75) is 33.2 Å². The fourth-order valence-electron chi connectivity index (χ4n) is 3.45. The molecule has 2 aromatic carbocycles. The second-order valence-electron chi connectivity index (χ2n) is 7.58. The highest BCUT2D eigenvalue weighted by molar-refractivity contribution is 6.39. The van der Waals surface area contributed by atoms with Crippen LogP contribution in [0.5, 0.6) is 5.75 Å². The first-order valence-electron chi connectivity index (χ1n) is 10.1. The summed E-state index contributed by atoms with van der Waals surface area (Å²) in [6, 6.07) is 12.7. The second kappa shape index (κ2) is 9.43. The van der Waals surface area contributed by atoms with Gasteiger partial charge in [0.05, 0.1) is 7.11 Å². The summed E-state index contributed by atoms with van der Waals surface area (Å²) >= 11 is 0. The Bertz CT molecular complexity index is 955. The Balaban J connectivity index is 1.62. The molecular formula is C23H27N3O4. The minimum atomic E-state index is -0.733. The third-order valence-corrected chi connectivity index (χ3v) is 5.01. The van der Waals surface area contributed by atoms with Crippen molar-refractivity contribution < 1.29 is 19.1 Å². The van der Waals surface area contributed by atoms with E-state index in [0.29, 0.717) is 18.0 Å². The van der Waals surface area contributed by atoms with E-state index in [9.17, 15) is 14.4 Å². The van der Waals surface area contributed by atoms with Crippen molar-refractivity contribution in [3.8, 4) is 5.75 Å². The number of anilines is 2. The zero-order valence-electron chi connectivity index (χ0n) is 17.5. The molecule has 1 aliphatic rings. The molecule has 0 unspecified atom stereocenters. The van der Waals surface area contributed by atoms with E-state index < -0.39 is 11.8 Å². The van der Waals surface area contributed by atoms with Gasteiger partial charge in [-0.05, 0) is 54.3 Å². The number of methoxy groups -OCH3 is 1. The van der Waals surface area contributed by atoms with E-state index in [4.69, 9.17) is 4.74 Å². The zero-order chi connectivity index (χ0) is 21.7. The van der Waals surface area contributed by atoms with Gasteiger partial charge in [0.2, 0.25) is 5.91 Å². The summed E-state index contributed by atoms with van der Waals surface area (Å²) in [5.74, 6) is -0.755. The van der Waals surface area contributed by atoms with Crippen LogP contribution < -0.4 is 20.3 Å². The number of benzene rings is 2. The second-order valence-corrected chi connectivity index (χ2v) is 7.58. The number of ether oxygens (including phenoxy) is 1. The van der Waals surface area contributed by atoms with Crippen molar-refractivity contribution in [2.24, 2.45) is 5.92 Å². The third-order valence-electron chi connectivity index (χ3n) is 5.01. The lowest BCUT2D eigenvalue weighted by Crippen LogP contribution is -2.38. The first-order chi connectivity index (χ1) is 14.4. The minimum absolute atomic E-state index is 0.0800. The van der Waals surface area contributed by atoms with E-state index >= 15 is 0 Å². The molecule has 0 aromatic heterocycles. The topological polar surface area (TPSA) is 87.7 Å². The maximum atomic E-state index is 12.4. The molecule has 0 radical (unpaired) electrons. The van der Waals surface area contributed by atoms with Gasteiger partial charge in [-0.2, -0.15) is 0 Å². The lowest BCUT2D eigenvalue weighted by Gasteiger charge is -2.31. The van der Waals surface area contributed by atoms with Crippen molar-refractivity contribution in [1.82, 2.24) is 5.32 Å². The third kappa shape index (κ3) is 4.97. The molecule has 0 aliphatic carbocycles. The van der Waals surface area contributed by atoms with Gasteiger partial charge in [0.15, 0.2) is 0 Å². The van der Waals surface area contributed by atoms with E-state index in [2.05, 4.69) is 10.6 Å². The average molecular weight is 409 g/mol. The number of hydrogen-bond donors (Lipinski definition) is 2. The molecule has 3 amide bonds. The molecule has 0 spiro atoms. The Morgan fingerprint density at radius 2 is 1.90 bits per heavy atom. The molecule has 0 saturated carbocycles. The SMILES string of the molecule is COc1cccc(CNC(=O)C(=O)Nc2ccc3c(c2)CCCN3C(=O)C(C)C)c1. The van der Waals surface area contributed by atoms with Crippen LogP contribution in [-0.2, 0) is 27.3 Å². The molecule has 1 heterocycles. The number of nitrogens with one attached hydrogen (secondary N) is 2. The first-order valence-corrected chi connectivity index (χ1v) is 10.1. The van der Waals surface area contributed by atoms with Gasteiger partial charge in [0.25, 0.3) is 0 Å². The normalized spacial score (nSPS) is 12.9. The van der Waals surface area contributed by atoms with Gasteiger partial charge < -0.3 is 20.3 Å². The Kier molecular flexibility index (Phi) is 6.72. The smallest absolute Gasteiger partial charge is 0.313 e. The summed E-state index contributed by atoms with van der Waals surface area (Å²) < 4.78 is 5.15. The first kappa shape index (κ1) is 21.4. The Morgan fingerprint density at radius 3 is 2.63 bits per heavy atom.